The van der Waals surface area contributed by atoms with Crippen LogP contribution in [-0.2, 0) is 16.0 Å². The molecule has 2 amide bonds. The molecule has 0 saturated carbocycles. The van der Waals surface area contributed by atoms with E-state index in [0.717, 1.165) is 5.56 Å². The normalized spacial score (nSPS) is 16.5. The van der Waals surface area contributed by atoms with Crippen molar-refractivity contribution in [3.8, 4) is 0 Å². The molecule has 0 aromatic heterocycles. The number of methoxy groups -OCH3 is 1. The summed E-state index contributed by atoms with van der Waals surface area (Å²) in [5, 5.41) is 0. The summed E-state index contributed by atoms with van der Waals surface area (Å²) in [6.07, 6.45) is 0.173. The van der Waals surface area contributed by atoms with Crippen molar-refractivity contribution < 1.29 is 14.3 Å². The Balaban J connectivity index is 1.85. The van der Waals surface area contributed by atoms with Gasteiger partial charge in [0, 0.05) is 26.2 Å². The molecule has 6 heteroatoms. The van der Waals surface area contributed by atoms with E-state index < -0.39 is 6.04 Å². The Bertz CT molecular complexity index is 484. The predicted molar refractivity (Wildman–Crippen MR) is 78.7 cm³/mol. The van der Waals surface area contributed by atoms with Gasteiger partial charge >= 0.3 is 6.09 Å². The SMILES string of the molecule is COC(=O)N1CCN(C(=O)[C@@H](N)Cc2ccccc2)CC1. The Morgan fingerprint density at radius 3 is 2.29 bits per heavy atom. The number of amides is 2. The largest absolute Gasteiger partial charge is 0.453 e. The number of benzene rings is 1. The van der Waals surface area contributed by atoms with E-state index in [1.165, 1.54) is 7.11 Å². The van der Waals surface area contributed by atoms with Gasteiger partial charge in [-0.05, 0) is 12.0 Å². The number of ether oxygens (including phenoxy) is 1. The van der Waals surface area contributed by atoms with Crippen molar-refractivity contribution in [1.29, 1.82) is 0 Å². The van der Waals surface area contributed by atoms with Crippen LogP contribution in [0, 0.1) is 0 Å². The van der Waals surface area contributed by atoms with E-state index in [1.54, 1.807) is 9.80 Å². The second-order valence-corrected chi connectivity index (χ2v) is 5.08. The first-order chi connectivity index (χ1) is 10.1. The summed E-state index contributed by atoms with van der Waals surface area (Å²) >= 11 is 0. The molecule has 1 fully saturated rings. The highest BCUT2D eigenvalue weighted by atomic mass is 16.5. The van der Waals surface area contributed by atoms with Gasteiger partial charge in [0.25, 0.3) is 0 Å². The zero-order chi connectivity index (χ0) is 15.2. The zero-order valence-corrected chi connectivity index (χ0v) is 12.2. The standard InChI is InChI=1S/C15H21N3O3/c1-21-15(20)18-9-7-17(8-10-18)14(19)13(16)11-12-5-3-2-4-6-12/h2-6,13H,7-11,16H2,1H3/t13-/m0/s1. The van der Waals surface area contributed by atoms with Gasteiger partial charge in [0.15, 0.2) is 0 Å². The molecule has 2 rings (SSSR count). The average molecular weight is 291 g/mol. The molecule has 1 aliphatic rings. The molecule has 0 radical (unpaired) electrons. The van der Waals surface area contributed by atoms with Crippen molar-refractivity contribution in [1.82, 2.24) is 9.80 Å². The number of nitrogens with zero attached hydrogens (tertiary/aromatic N) is 2. The molecule has 0 spiro atoms. The van der Waals surface area contributed by atoms with E-state index in [4.69, 9.17) is 5.73 Å². The molecule has 0 bridgehead atoms. The number of carbonyl (C=O) groups is 2. The lowest BCUT2D eigenvalue weighted by Crippen LogP contribution is -2.54. The highest BCUT2D eigenvalue weighted by Crippen LogP contribution is 2.08. The van der Waals surface area contributed by atoms with E-state index in [1.807, 2.05) is 30.3 Å². The van der Waals surface area contributed by atoms with Crippen LogP contribution in [0.25, 0.3) is 0 Å². The van der Waals surface area contributed by atoms with Crippen molar-refractivity contribution in [2.75, 3.05) is 33.3 Å². The van der Waals surface area contributed by atoms with Gasteiger partial charge in [-0.3, -0.25) is 4.79 Å². The molecule has 1 saturated heterocycles. The second kappa shape index (κ2) is 7.08. The van der Waals surface area contributed by atoms with Crippen molar-refractivity contribution in [2.45, 2.75) is 12.5 Å². The van der Waals surface area contributed by atoms with Crippen LogP contribution in [0.3, 0.4) is 0 Å². The molecule has 1 aliphatic heterocycles. The van der Waals surface area contributed by atoms with E-state index in [2.05, 4.69) is 4.74 Å². The molecule has 1 heterocycles. The molecule has 1 atom stereocenters. The molecule has 0 aliphatic carbocycles. The first-order valence-corrected chi connectivity index (χ1v) is 7.03. The zero-order valence-electron chi connectivity index (χ0n) is 12.2. The fraction of sp³-hybridized carbons (Fsp3) is 0.467. The average Bonchev–Trinajstić information content (AvgIpc) is 2.54. The molecule has 1 aromatic rings. The van der Waals surface area contributed by atoms with Crippen LogP contribution in [0.2, 0.25) is 0 Å². The van der Waals surface area contributed by atoms with Crippen LogP contribution in [-0.4, -0.2) is 61.1 Å². The number of nitrogens with two attached hydrogens (primary N) is 1. The molecule has 2 N–H and O–H groups in total. The summed E-state index contributed by atoms with van der Waals surface area (Å²) in [5.74, 6) is -0.0663. The first-order valence-electron chi connectivity index (χ1n) is 7.03. The highest BCUT2D eigenvalue weighted by Gasteiger charge is 2.27. The predicted octanol–water partition coefficient (Wildman–Crippen LogP) is 0.467. The minimum absolute atomic E-state index is 0.0663. The van der Waals surface area contributed by atoms with Gasteiger partial charge in [-0.25, -0.2) is 4.79 Å². The van der Waals surface area contributed by atoms with Gasteiger partial charge in [-0.2, -0.15) is 0 Å². The molecule has 114 valence electrons. The molecular weight excluding hydrogens is 270 g/mol. The van der Waals surface area contributed by atoms with Crippen LogP contribution in [0.4, 0.5) is 4.79 Å². The van der Waals surface area contributed by atoms with Crippen molar-refractivity contribution in [3.63, 3.8) is 0 Å². The van der Waals surface area contributed by atoms with Crippen LogP contribution in [0.1, 0.15) is 5.56 Å². The van der Waals surface area contributed by atoms with Crippen LogP contribution >= 0.6 is 0 Å². The lowest BCUT2D eigenvalue weighted by Gasteiger charge is -2.35. The van der Waals surface area contributed by atoms with Gasteiger partial charge in [-0.15, -0.1) is 0 Å². The first kappa shape index (κ1) is 15.3. The molecular formula is C15H21N3O3. The Kier molecular flexibility index (Phi) is 5.16. The maximum Gasteiger partial charge on any atom is 0.409 e. The lowest BCUT2D eigenvalue weighted by atomic mass is 10.1. The lowest BCUT2D eigenvalue weighted by molar-refractivity contribution is -0.134. The monoisotopic (exact) mass is 291 g/mol. The third kappa shape index (κ3) is 3.95. The summed E-state index contributed by atoms with van der Waals surface area (Å²) in [6, 6.07) is 9.17. The number of hydrogen-bond donors (Lipinski definition) is 1. The van der Waals surface area contributed by atoms with Crippen LogP contribution in [0.15, 0.2) is 30.3 Å². The van der Waals surface area contributed by atoms with Crippen LogP contribution < -0.4 is 5.73 Å². The fourth-order valence-corrected chi connectivity index (χ4v) is 2.43. The summed E-state index contributed by atoms with van der Waals surface area (Å²) in [4.78, 5) is 27.0. The third-order valence-corrected chi connectivity index (χ3v) is 3.64. The third-order valence-electron chi connectivity index (χ3n) is 3.64. The van der Waals surface area contributed by atoms with Gasteiger partial charge in [-0.1, -0.05) is 30.3 Å². The summed E-state index contributed by atoms with van der Waals surface area (Å²) in [5.41, 5.74) is 7.05. The minimum atomic E-state index is -0.544. The maximum absolute atomic E-state index is 12.3. The summed E-state index contributed by atoms with van der Waals surface area (Å²) in [6.45, 7) is 1.96. The fourth-order valence-electron chi connectivity index (χ4n) is 2.43. The quantitative estimate of drug-likeness (QED) is 0.878. The number of piperazine rings is 1. The number of hydrogen-bond acceptors (Lipinski definition) is 4. The van der Waals surface area contributed by atoms with E-state index in [9.17, 15) is 9.59 Å². The van der Waals surface area contributed by atoms with Crippen molar-refractivity contribution >= 4 is 12.0 Å². The number of carbonyl (C=O) groups excluding carboxylic acids is 2. The molecule has 6 nitrogen and oxygen atoms in total. The number of rotatable bonds is 3. The van der Waals surface area contributed by atoms with E-state index in [-0.39, 0.29) is 12.0 Å². The summed E-state index contributed by atoms with van der Waals surface area (Å²) < 4.78 is 4.67. The topological polar surface area (TPSA) is 75.9 Å². The Hall–Kier alpha value is -2.08. The van der Waals surface area contributed by atoms with Gasteiger partial charge < -0.3 is 20.3 Å². The Labute approximate surface area is 124 Å². The Morgan fingerprint density at radius 1 is 1.14 bits per heavy atom. The molecule has 21 heavy (non-hydrogen) atoms. The summed E-state index contributed by atoms with van der Waals surface area (Å²) in [7, 11) is 1.36. The van der Waals surface area contributed by atoms with Crippen molar-refractivity contribution in [2.24, 2.45) is 5.73 Å². The van der Waals surface area contributed by atoms with E-state index >= 15 is 0 Å². The molecule has 0 unspecified atom stereocenters. The second-order valence-electron chi connectivity index (χ2n) is 5.08. The van der Waals surface area contributed by atoms with Crippen LogP contribution in [0.5, 0.6) is 0 Å². The van der Waals surface area contributed by atoms with Gasteiger partial charge in [0.2, 0.25) is 5.91 Å². The van der Waals surface area contributed by atoms with Gasteiger partial charge in [0.1, 0.15) is 0 Å². The minimum Gasteiger partial charge on any atom is -0.453 e. The smallest absolute Gasteiger partial charge is 0.409 e. The van der Waals surface area contributed by atoms with Gasteiger partial charge in [0.05, 0.1) is 13.2 Å². The highest BCUT2D eigenvalue weighted by molar-refractivity contribution is 5.82. The van der Waals surface area contributed by atoms with E-state index in [0.29, 0.717) is 32.6 Å². The maximum atomic E-state index is 12.3. The Morgan fingerprint density at radius 2 is 1.71 bits per heavy atom. The molecule has 1 aromatic carbocycles. The van der Waals surface area contributed by atoms with Crippen molar-refractivity contribution in [3.05, 3.63) is 35.9 Å².